The Morgan fingerprint density at radius 1 is 1.47 bits per heavy atom. The Balaban J connectivity index is 2.66. The quantitative estimate of drug-likeness (QED) is 0.596. The summed E-state index contributed by atoms with van der Waals surface area (Å²) in [7, 11) is 0. The van der Waals surface area contributed by atoms with Gasteiger partial charge in [0, 0.05) is 12.4 Å². The molecule has 15 heavy (non-hydrogen) atoms. The summed E-state index contributed by atoms with van der Waals surface area (Å²) >= 11 is 0. The van der Waals surface area contributed by atoms with Gasteiger partial charge in [0.2, 0.25) is 0 Å². The molecule has 0 saturated carbocycles. The minimum Gasteiger partial charge on any atom is -0.317 e. The van der Waals surface area contributed by atoms with Crippen LogP contribution in [0.25, 0.3) is 16.7 Å². The summed E-state index contributed by atoms with van der Waals surface area (Å²) in [4.78, 5) is 18.8. The molecule has 3 aromatic heterocycles. The molecule has 0 spiro atoms. The van der Waals surface area contributed by atoms with Crippen LogP contribution in [0.2, 0.25) is 0 Å². The maximum atomic E-state index is 11.7. The number of aryl methyl sites for hydroxylation is 1. The standard InChI is InChI=1S/C11H9N3O/c1-7-5-8-10(12-6-7)14-4-2-3-9(14)11(15)13-8/h2-6H,1H3,(H,13,15). The molecule has 0 aliphatic carbocycles. The van der Waals surface area contributed by atoms with E-state index >= 15 is 0 Å². The lowest BCUT2D eigenvalue weighted by molar-refractivity contribution is 1.13. The van der Waals surface area contributed by atoms with Gasteiger partial charge in [0.15, 0.2) is 5.65 Å². The average molecular weight is 199 g/mol. The Morgan fingerprint density at radius 3 is 3.20 bits per heavy atom. The van der Waals surface area contributed by atoms with E-state index in [1.165, 1.54) is 0 Å². The first kappa shape index (κ1) is 8.23. The Morgan fingerprint density at radius 2 is 2.33 bits per heavy atom. The fourth-order valence-corrected chi connectivity index (χ4v) is 1.78. The smallest absolute Gasteiger partial charge is 0.272 e. The molecule has 3 aromatic rings. The SMILES string of the molecule is Cc1cnc2c(c1)[nH]c(=O)c1cccn12. The zero-order valence-corrected chi connectivity index (χ0v) is 8.19. The first-order valence-corrected chi connectivity index (χ1v) is 4.71. The minimum absolute atomic E-state index is 0.0834. The number of rotatable bonds is 0. The van der Waals surface area contributed by atoms with E-state index in [1.807, 2.05) is 25.3 Å². The third kappa shape index (κ3) is 1.08. The topological polar surface area (TPSA) is 50.2 Å². The van der Waals surface area contributed by atoms with E-state index in [9.17, 15) is 4.79 Å². The predicted molar refractivity (Wildman–Crippen MR) is 58.1 cm³/mol. The van der Waals surface area contributed by atoms with Gasteiger partial charge in [0.25, 0.3) is 5.56 Å². The Hall–Kier alpha value is -2.10. The van der Waals surface area contributed by atoms with Crippen LogP contribution in [0.1, 0.15) is 5.56 Å². The number of fused-ring (bicyclic) bond motifs is 3. The molecule has 0 aromatic carbocycles. The highest BCUT2D eigenvalue weighted by Gasteiger charge is 2.04. The molecule has 4 heteroatoms. The first-order chi connectivity index (χ1) is 7.25. The van der Waals surface area contributed by atoms with Crippen LogP contribution in [0, 0.1) is 6.92 Å². The number of hydrogen-bond acceptors (Lipinski definition) is 2. The number of aromatic nitrogens is 3. The number of H-pyrrole nitrogens is 1. The molecule has 0 unspecified atom stereocenters. The van der Waals surface area contributed by atoms with Crippen LogP contribution >= 0.6 is 0 Å². The summed E-state index contributed by atoms with van der Waals surface area (Å²) < 4.78 is 1.80. The van der Waals surface area contributed by atoms with E-state index < -0.39 is 0 Å². The Bertz CT molecular complexity index is 708. The summed E-state index contributed by atoms with van der Waals surface area (Å²) in [5.74, 6) is 0. The number of pyridine rings is 1. The van der Waals surface area contributed by atoms with Gasteiger partial charge in [0.1, 0.15) is 5.52 Å². The number of hydrogen-bond donors (Lipinski definition) is 1. The third-order valence-electron chi connectivity index (χ3n) is 2.46. The molecule has 3 rings (SSSR count). The van der Waals surface area contributed by atoms with Crippen molar-refractivity contribution in [3.63, 3.8) is 0 Å². The Kier molecular flexibility index (Phi) is 1.48. The highest BCUT2D eigenvalue weighted by atomic mass is 16.1. The number of aromatic amines is 1. The molecule has 74 valence electrons. The van der Waals surface area contributed by atoms with Crippen molar-refractivity contribution in [1.82, 2.24) is 14.4 Å². The molecule has 0 saturated heterocycles. The molecule has 0 radical (unpaired) electrons. The van der Waals surface area contributed by atoms with Crippen molar-refractivity contribution in [2.24, 2.45) is 0 Å². The third-order valence-corrected chi connectivity index (χ3v) is 2.46. The molecule has 0 amide bonds. The molecule has 4 nitrogen and oxygen atoms in total. The second-order valence-electron chi connectivity index (χ2n) is 3.60. The van der Waals surface area contributed by atoms with Crippen LogP contribution in [-0.4, -0.2) is 14.4 Å². The van der Waals surface area contributed by atoms with E-state index in [0.717, 1.165) is 16.7 Å². The molecular formula is C11H9N3O. The summed E-state index contributed by atoms with van der Waals surface area (Å²) in [5, 5.41) is 0. The van der Waals surface area contributed by atoms with Crippen LogP contribution in [0.15, 0.2) is 35.4 Å². The lowest BCUT2D eigenvalue weighted by atomic mass is 10.3. The van der Waals surface area contributed by atoms with Gasteiger partial charge in [-0.25, -0.2) is 4.98 Å². The van der Waals surface area contributed by atoms with Gasteiger partial charge < -0.3 is 4.98 Å². The minimum atomic E-state index is -0.0834. The largest absolute Gasteiger partial charge is 0.317 e. The van der Waals surface area contributed by atoms with E-state index in [-0.39, 0.29) is 5.56 Å². The van der Waals surface area contributed by atoms with Crippen molar-refractivity contribution in [1.29, 1.82) is 0 Å². The fourth-order valence-electron chi connectivity index (χ4n) is 1.78. The van der Waals surface area contributed by atoms with Crippen molar-refractivity contribution < 1.29 is 0 Å². The average Bonchev–Trinajstić information content (AvgIpc) is 2.66. The van der Waals surface area contributed by atoms with E-state index in [2.05, 4.69) is 9.97 Å². The molecule has 0 fully saturated rings. The van der Waals surface area contributed by atoms with Crippen LogP contribution in [0.4, 0.5) is 0 Å². The van der Waals surface area contributed by atoms with Gasteiger partial charge in [-0.2, -0.15) is 0 Å². The molecule has 0 atom stereocenters. The maximum Gasteiger partial charge on any atom is 0.272 e. The van der Waals surface area contributed by atoms with Crippen LogP contribution < -0.4 is 5.56 Å². The van der Waals surface area contributed by atoms with Gasteiger partial charge in [-0.1, -0.05) is 0 Å². The summed E-state index contributed by atoms with van der Waals surface area (Å²) in [6.07, 6.45) is 3.63. The van der Waals surface area contributed by atoms with E-state index in [4.69, 9.17) is 0 Å². The van der Waals surface area contributed by atoms with E-state index in [1.54, 1.807) is 16.7 Å². The fraction of sp³-hybridized carbons (Fsp3) is 0.0909. The lowest BCUT2D eigenvalue weighted by Crippen LogP contribution is -2.10. The second kappa shape index (κ2) is 2.70. The predicted octanol–water partition coefficient (Wildman–Crippen LogP) is 1.48. The molecular weight excluding hydrogens is 190 g/mol. The normalized spacial score (nSPS) is 11.3. The van der Waals surface area contributed by atoms with Crippen LogP contribution in [-0.2, 0) is 0 Å². The van der Waals surface area contributed by atoms with Gasteiger partial charge in [0.05, 0.1) is 5.52 Å². The van der Waals surface area contributed by atoms with Gasteiger partial charge in [-0.05, 0) is 30.7 Å². The molecule has 1 N–H and O–H groups in total. The first-order valence-electron chi connectivity index (χ1n) is 4.71. The van der Waals surface area contributed by atoms with Crippen molar-refractivity contribution >= 4 is 16.7 Å². The molecule has 0 bridgehead atoms. The monoisotopic (exact) mass is 199 g/mol. The van der Waals surface area contributed by atoms with Crippen molar-refractivity contribution in [2.75, 3.05) is 0 Å². The number of nitrogens with one attached hydrogen (secondary N) is 1. The zero-order chi connectivity index (χ0) is 10.4. The molecule has 0 aliphatic heterocycles. The van der Waals surface area contributed by atoms with Crippen molar-refractivity contribution in [3.05, 3.63) is 46.5 Å². The van der Waals surface area contributed by atoms with Crippen LogP contribution in [0.3, 0.4) is 0 Å². The lowest BCUT2D eigenvalue weighted by Gasteiger charge is -2.01. The van der Waals surface area contributed by atoms with Crippen molar-refractivity contribution in [2.45, 2.75) is 6.92 Å². The summed E-state index contributed by atoms with van der Waals surface area (Å²) in [6.45, 7) is 1.95. The van der Waals surface area contributed by atoms with Gasteiger partial charge >= 0.3 is 0 Å². The second-order valence-corrected chi connectivity index (χ2v) is 3.60. The zero-order valence-electron chi connectivity index (χ0n) is 8.19. The maximum absolute atomic E-state index is 11.7. The van der Waals surface area contributed by atoms with E-state index in [0.29, 0.717) is 5.52 Å². The number of nitrogens with zero attached hydrogens (tertiary/aromatic N) is 2. The Labute approximate surface area is 85.2 Å². The summed E-state index contributed by atoms with van der Waals surface area (Å²) in [6, 6.07) is 5.54. The summed E-state index contributed by atoms with van der Waals surface area (Å²) in [5.41, 5.74) is 3.12. The van der Waals surface area contributed by atoms with Gasteiger partial charge in [-0.3, -0.25) is 9.20 Å². The van der Waals surface area contributed by atoms with Crippen LogP contribution in [0.5, 0.6) is 0 Å². The molecule has 3 heterocycles. The molecule has 0 aliphatic rings. The highest BCUT2D eigenvalue weighted by molar-refractivity contribution is 5.74. The van der Waals surface area contributed by atoms with Gasteiger partial charge in [-0.15, -0.1) is 0 Å². The highest BCUT2D eigenvalue weighted by Crippen LogP contribution is 2.10. The van der Waals surface area contributed by atoms with Crippen molar-refractivity contribution in [3.8, 4) is 0 Å².